The third kappa shape index (κ3) is 1.30. The average molecular weight is 207 g/mol. The molecule has 0 aliphatic rings. The lowest BCUT2D eigenvalue weighted by atomic mass is 10.4. The van der Waals surface area contributed by atoms with Gasteiger partial charge >= 0.3 is 17.6 Å². The van der Waals surface area contributed by atoms with Crippen molar-refractivity contribution in [1.29, 1.82) is 0 Å². The Hall–Kier alpha value is -2.44. The molecule has 0 bridgehead atoms. The van der Waals surface area contributed by atoms with Gasteiger partial charge in [-0.1, -0.05) is 6.07 Å². The third-order valence-electron chi connectivity index (χ3n) is 1.89. The summed E-state index contributed by atoms with van der Waals surface area (Å²) in [6, 6.07) is 4.60. The maximum atomic E-state index is 10.7. The van der Waals surface area contributed by atoms with Crippen molar-refractivity contribution in [3.05, 3.63) is 40.3 Å². The second kappa shape index (κ2) is 3.05. The quantitative estimate of drug-likeness (QED) is 0.583. The number of rotatable bonds is 2. The Labute approximate surface area is 82.7 Å². The number of nitro groups is 1. The van der Waals surface area contributed by atoms with Gasteiger partial charge in [0.2, 0.25) is 0 Å². The first-order valence-electron chi connectivity index (χ1n) is 3.96. The highest BCUT2D eigenvalue weighted by molar-refractivity contribution is 5.86. The van der Waals surface area contributed by atoms with Crippen molar-refractivity contribution in [2.24, 2.45) is 0 Å². The summed E-state index contributed by atoms with van der Waals surface area (Å²) in [7, 11) is 0. The van der Waals surface area contributed by atoms with Gasteiger partial charge in [-0.25, -0.2) is 4.79 Å². The Kier molecular flexibility index (Phi) is 1.86. The molecule has 0 fully saturated rings. The van der Waals surface area contributed by atoms with Crippen LogP contribution in [-0.2, 0) is 0 Å². The SMILES string of the molecule is O=C(O)c1nc([N+](=O)[O-])c2ccccn12. The number of aromatic carboxylic acids is 1. The van der Waals surface area contributed by atoms with Crippen LogP contribution in [0.5, 0.6) is 0 Å². The molecule has 0 aromatic carbocycles. The number of carbonyl (C=O) groups is 1. The molecule has 2 aromatic rings. The lowest BCUT2D eigenvalue weighted by molar-refractivity contribution is -0.387. The monoisotopic (exact) mass is 207 g/mol. The number of imidazole rings is 1. The average Bonchev–Trinajstić information content (AvgIpc) is 2.56. The van der Waals surface area contributed by atoms with E-state index in [-0.39, 0.29) is 11.3 Å². The zero-order valence-corrected chi connectivity index (χ0v) is 7.32. The van der Waals surface area contributed by atoms with Gasteiger partial charge in [0.1, 0.15) is 5.52 Å². The fourth-order valence-electron chi connectivity index (χ4n) is 1.31. The zero-order valence-electron chi connectivity index (χ0n) is 7.32. The van der Waals surface area contributed by atoms with Crippen LogP contribution in [-0.4, -0.2) is 25.4 Å². The van der Waals surface area contributed by atoms with Crippen molar-refractivity contribution >= 4 is 17.3 Å². The van der Waals surface area contributed by atoms with Gasteiger partial charge in [-0.05, 0) is 22.0 Å². The first-order chi connectivity index (χ1) is 7.11. The zero-order chi connectivity index (χ0) is 11.0. The smallest absolute Gasteiger partial charge is 0.399 e. The first-order valence-corrected chi connectivity index (χ1v) is 3.96. The van der Waals surface area contributed by atoms with Crippen LogP contribution in [0, 0.1) is 10.1 Å². The van der Waals surface area contributed by atoms with Crippen molar-refractivity contribution in [3.8, 4) is 0 Å². The molecule has 2 aromatic heterocycles. The number of fused-ring (bicyclic) bond motifs is 1. The Morgan fingerprint density at radius 2 is 2.27 bits per heavy atom. The number of pyridine rings is 1. The normalized spacial score (nSPS) is 10.4. The van der Waals surface area contributed by atoms with Crippen LogP contribution in [0.4, 0.5) is 5.82 Å². The summed E-state index contributed by atoms with van der Waals surface area (Å²) in [5.41, 5.74) is 0.167. The Morgan fingerprint density at radius 3 is 2.87 bits per heavy atom. The standard InChI is InChI=1S/C8H5N3O4/c12-8(13)7-9-6(11(14)15)5-3-1-2-4-10(5)7/h1-4H,(H,12,13). The number of aromatic nitrogens is 2. The van der Waals surface area contributed by atoms with Gasteiger partial charge in [0.15, 0.2) is 0 Å². The van der Waals surface area contributed by atoms with Crippen LogP contribution < -0.4 is 0 Å². The van der Waals surface area contributed by atoms with Crippen LogP contribution in [0.15, 0.2) is 24.4 Å². The summed E-state index contributed by atoms with van der Waals surface area (Å²) >= 11 is 0. The van der Waals surface area contributed by atoms with Crippen LogP contribution in [0.1, 0.15) is 10.6 Å². The van der Waals surface area contributed by atoms with E-state index in [4.69, 9.17) is 5.11 Å². The summed E-state index contributed by atoms with van der Waals surface area (Å²) < 4.78 is 1.17. The van der Waals surface area contributed by atoms with E-state index in [0.29, 0.717) is 0 Å². The van der Waals surface area contributed by atoms with E-state index in [1.165, 1.54) is 16.7 Å². The van der Waals surface area contributed by atoms with E-state index < -0.39 is 16.7 Å². The molecule has 0 aliphatic carbocycles. The second-order valence-electron chi connectivity index (χ2n) is 2.78. The summed E-state index contributed by atoms with van der Waals surface area (Å²) in [6.07, 6.45) is 1.42. The van der Waals surface area contributed by atoms with E-state index in [9.17, 15) is 14.9 Å². The minimum Gasteiger partial charge on any atom is -0.474 e. The van der Waals surface area contributed by atoms with Crippen molar-refractivity contribution in [1.82, 2.24) is 9.38 Å². The van der Waals surface area contributed by atoms with Crippen LogP contribution >= 0.6 is 0 Å². The minimum atomic E-state index is -1.30. The lowest BCUT2D eigenvalue weighted by Crippen LogP contribution is -2.02. The van der Waals surface area contributed by atoms with E-state index in [1.54, 1.807) is 12.1 Å². The fraction of sp³-hybridized carbons (Fsp3) is 0. The summed E-state index contributed by atoms with van der Waals surface area (Å²) in [6.45, 7) is 0. The molecule has 15 heavy (non-hydrogen) atoms. The summed E-state index contributed by atoms with van der Waals surface area (Å²) in [4.78, 5) is 24.1. The van der Waals surface area contributed by atoms with Crippen LogP contribution in [0.2, 0.25) is 0 Å². The second-order valence-corrected chi connectivity index (χ2v) is 2.78. The Bertz CT molecular complexity index is 512. The van der Waals surface area contributed by atoms with Gasteiger partial charge in [0.05, 0.1) is 0 Å². The van der Waals surface area contributed by atoms with Crippen molar-refractivity contribution < 1.29 is 14.8 Å². The maximum Gasteiger partial charge on any atom is 0.399 e. The topological polar surface area (TPSA) is 97.7 Å². The molecule has 0 saturated carbocycles. The van der Waals surface area contributed by atoms with Crippen LogP contribution in [0.3, 0.4) is 0 Å². The molecule has 0 atom stereocenters. The van der Waals surface area contributed by atoms with E-state index in [1.807, 2.05) is 0 Å². The number of carboxylic acid groups (broad SMARTS) is 1. The molecule has 0 radical (unpaired) electrons. The lowest BCUT2D eigenvalue weighted by Gasteiger charge is -1.91. The van der Waals surface area contributed by atoms with Gasteiger partial charge in [0, 0.05) is 6.20 Å². The fourth-order valence-corrected chi connectivity index (χ4v) is 1.31. The number of carboxylic acids is 1. The number of hydrogen-bond donors (Lipinski definition) is 1. The molecule has 0 amide bonds. The maximum absolute atomic E-state index is 10.7. The number of hydrogen-bond acceptors (Lipinski definition) is 4. The molecule has 0 saturated heterocycles. The molecule has 7 heteroatoms. The summed E-state index contributed by atoms with van der Waals surface area (Å²) in [5.74, 6) is -2.12. The Balaban J connectivity index is 2.85. The molecule has 76 valence electrons. The largest absolute Gasteiger partial charge is 0.474 e. The van der Waals surface area contributed by atoms with Crippen molar-refractivity contribution in [2.45, 2.75) is 0 Å². The molecule has 0 spiro atoms. The molecule has 0 unspecified atom stereocenters. The molecule has 7 nitrogen and oxygen atoms in total. The highest BCUT2D eigenvalue weighted by Gasteiger charge is 2.25. The summed E-state index contributed by atoms with van der Waals surface area (Å²) in [5, 5.41) is 19.4. The van der Waals surface area contributed by atoms with Crippen molar-refractivity contribution in [3.63, 3.8) is 0 Å². The van der Waals surface area contributed by atoms with Gasteiger partial charge in [-0.3, -0.25) is 4.40 Å². The third-order valence-corrected chi connectivity index (χ3v) is 1.89. The van der Waals surface area contributed by atoms with Gasteiger partial charge in [0.25, 0.3) is 0 Å². The highest BCUT2D eigenvalue weighted by Crippen LogP contribution is 2.19. The molecular formula is C8H5N3O4. The Morgan fingerprint density at radius 1 is 1.53 bits per heavy atom. The predicted octanol–water partition coefficient (Wildman–Crippen LogP) is 0.941. The van der Waals surface area contributed by atoms with E-state index >= 15 is 0 Å². The van der Waals surface area contributed by atoms with Gasteiger partial charge in [-0.2, -0.15) is 0 Å². The van der Waals surface area contributed by atoms with E-state index in [0.717, 1.165) is 0 Å². The molecule has 1 N–H and O–H groups in total. The first kappa shape index (κ1) is 9.13. The molecule has 0 aliphatic heterocycles. The van der Waals surface area contributed by atoms with Crippen molar-refractivity contribution in [2.75, 3.05) is 0 Å². The molecular weight excluding hydrogens is 202 g/mol. The van der Waals surface area contributed by atoms with Gasteiger partial charge in [-0.15, -0.1) is 0 Å². The van der Waals surface area contributed by atoms with Gasteiger partial charge < -0.3 is 15.2 Å². The molecule has 2 heterocycles. The highest BCUT2D eigenvalue weighted by atomic mass is 16.6. The predicted molar refractivity (Wildman–Crippen MR) is 48.8 cm³/mol. The van der Waals surface area contributed by atoms with Crippen LogP contribution in [0.25, 0.3) is 5.52 Å². The minimum absolute atomic E-state index is 0.167. The number of nitrogens with zero attached hydrogens (tertiary/aromatic N) is 3. The molecule has 2 rings (SSSR count). The van der Waals surface area contributed by atoms with E-state index in [2.05, 4.69) is 4.98 Å².